The van der Waals surface area contributed by atoms with E-state index >= 15 is 0 Å². The quantitative estimate of drug-likeness (QED) is 0.755. The number of hydrogen-bond acceptors (Lipinski definition) is 4. The molecule has 18 heavy (non-hydrogen) atoms. The number of carbonyl (C=O) groups is 2. The Hall–Kier alpha value is -1.10. The predicted octanol–water partition coefficient (Wildman–Crippen LogP) is 0.786. The summed E-state index contributed by atoms with van der Waals surface area (Å²) in [6, 6.07) is 0. The molecule has 1 rings (SSSR count). The van der Waals surface area contributed by atoms with Gasteiger partial charge in [0.25, 0.3) is 0 Å². The number of nitrogens with one attached hydrogen (secondary N) is 1. The van der Waals surface area contributed by atoms with Gasteiger partial charge in [-0.2, -0.15) is 0 Å². The number of piperidine rings is 1. The number of ether oxygens (including phenoxy) is 1. The maximum atomic E-state index is 12.4. The van der Waals surface area contributed by atoms with Crippen LogP contribution in [0.2, 0.25) is 0 Å². The van der Waals surface area contributed by atoms with Gasteiger partial charge in [-0.25, -0.2) is 0 Å². The summed E-state index contributed by atoms with van der Waals surface area (Å²) in [7, 11) is 3.11. The molecule has 5 nitrogen and oxygen atoms in total. The van der Waals surface area contributed by atoms with Gasteiger partial charge in [0.05, 0.1) is 18.6 Å². The third-order valence-corrected chi connectivity index (χ3v) is 3.59. The molecule has 1 fully saturated rings. The van der Waals surface area contributed by atoms with Crippen LogP contribution in [-0.4, -0.2) is 49.6 Å². The normalized spacial score (nSPS) is 25.3. The second kappa shape index (κ2) is 6.18. The van der Waals surface area contributed by atoms with Gasteiger partial charge in [0.2, 0.25) is 5.91 Å². The molecule has 2 unspecified atom stereocenters. The van der Waals surface area contributed by atoms with Gasteiger partial charge in [0.15, 0.2) is 0 Å². The number of likely N-dealkylation sites (N-methyl/N-ethyl adjacent to an activating group) is 1. The van der Waals surface area contributed by atoms with Crippen LogP contribution in [0.15, 0.2) is 0 Å². The molecule has 1 aliphatic rings. The second-order valence-corrected chi connectivity index (χ2v) is 5.33. The molecule has 0 radical (unpaired) electrons. The van der Waals surface area contributed by atoms with Gasteiger partial charge in [-0.05, 0) is 32.7 Å². The summed E-state index contributed by atoms with van der Waals surface area (Å²) in [5.74, 6) is -0.523. The molecule has 1 aliphatic heterocycles. The Bertz CT molecular complexity index is 311. The molecule has 0 aliphatic carbocycles. The second-order valence-electron chi connectivity index (χ2n) is 5.33. The molecule has 0 spiro atoms. The van der Waals surface area contributed by atoms with E-state index in [0.717, 1.165) is 25.8 Å². The fourth-order valence-electron chi connectivity index (χ4n) is 2.43. The highest BCUT2D eigenvalue weighted by atomic mass is 16.5. The Morgan fingerprint density at radius 1 is 1.44 bits per heavy atom. The van der Waals surface area contributed by atoms with Gasteiger partial charge in [-0.3, -0.25) is 9.59 Å². The minimum atomic E-state index is -0.483. The molecule has 1 N–H and O–H groups in total. The third-order valence-electron chi connectivity index (χ3n) is 3.59. The average molecular weight is 256 g/mol. The summed E-state index contributed by atoms with van der Waals surface area (Å²) in [6.07, 6.45) is 3.03. The van der Waals surface area contributed by atoms with Crippen LogP contribution < -0.4 is 5.32 Å². The summed E-state index contributed by atoms with van der Waals surface area (Å²) < 4.78 is 4.67. The number of rotatable bonds is 4. The molecule has 0 saturated carbocycles. The molecule has 0 bridgehead atoms. The average Bonchev–Trinajstić information content (AvgIpc) is 2.37. The number of hydrogen-bond donors (Lipinski definition) is 1. The van der Waals surface area contributed by atoms with Crippen molar-refractivity contribution in [1.82, 2.24) is 10.2 Å². The summed E-state index contributed by atoms with van der Waals surface area (Å²) in [6.45, 7) is 4.98. The van der Waals surface area contributed by atoms with Crippen molar-refractivity contribution in [2.24, 2.45) is 5.92 Å². The third kappa shape index (κ3) is 3.45. The van der Waals surface area contributed by atoms with E-state index in [9.17, 15) is 9.59 Å². The van der Waals surface area contributed by atoms with Gasteiger partial charge < -0.3 is 15.0 Å². The van der Waals surface area contributed by atoms with Crippen molar-refractivity contribution >= 4 is 11.9 Å². The van der Waals surface area contributed by atoms with Gasteiger partial charge >= 0.3 is 5.97 Å². The number of carbonyl (C=O) groups excluding carboxylic acids is 2. The van der Waals surface area contributed by atoms with E-state index in [1.165, 1.54) is 7.11 Å². The Morgan fingerprint density at radius 2 is 2.11 bits per heavy atom. The molecule has 0 aromatic heterocycles. The topological polar surface area (TPSA) is 58.6 Å². The Morgan fingerprint density at radius 3 is 2.61 bits per heavy atom. The van der Waals surface area contributed by atoms with Gasteiger partial charge in [-0.1, -0.05) is 6.92 Å². The van der Waals surface area contributed by atoms with E-state index in [4.69, 9.17) is 0 Å². The number of esters is 1. The van der Waals surface area contributed by atoms with E-state index in [0.29, 0.717) is 6.54 Å². The highest BCUT2D eigenvalue weighted by Gasteiger charge is 2.36. The van der Waals surface area contributed by atoms with Crippen molar-refractivity contribution in [1.29, 1.82) is 0 Å². The number of methoxy groups -OCH3 is 1. The molecule has 1 heterocycles. The molecule has 104 valence electrons. The largest absolute Gasteiger partial charge is 0.469 e. The van der Waals surface area contributed by atoms with Crippen molar-refractivity contribution in [2.45, 2.75) is 38.6 Å². The van der Waals surface area contributed by atoms with E-state index < -0.39 is 5.54 Å². The van der Waals surface area contributed by atoms with Crippen LogP contribution in [0.5, 0.6) is 0 Å². The molecule has 1 saturated heterocycles. The zero-order chi connectivity index (χ0) is 13.8. The van der Waals surface area contributed by atoms with E-state index in [1.807, 2.05) is 6.92 Å². The van der Waals surface area contributed by atoms with Crippen LogP contribution in [0.4, 0.5) is 0 Å². The fourth-order valence-corrected chi connectivity index (χ4v) is 2.43. The van der Waals surface area contributed by atoms with Crippen LogP contribution in [0.25, 0.3) is 0 Å². The highest BCUT2D eigenvalue weighted by Crippen LogP contribution is 2.21. The summed E-state index contributed by atoms with van der Waals surface area (Å²) in [5, 5.41) is 3.29. The molecule has 5 heteroatoms. The van der Waals surface area contributed by atoms with Crippen molar-refractivity contribution < 1.29 is 14.3 Å². The molecule has 0 aromatic carbocycles. The Labute approximate surface area is 109 Å². The van der Waals surface area contributed by atoms with E-state index in [1.54, 1.807) is 18.9 Å². The molecule has 2 atom stereocenters. The van der Waals surface area contributed by atoms with Gasteiger partial charge in [0.1, 0.15) is 0 Å². The van der Waals surface area contributed by atoms with Crippen LogP contribution >= 0.6 is 0 Å². The van der Waals surface area contributed by atoms with E-state index in [2.05, 4.69) is 10.1 Å². The molecule has 1 amide bonds. The summed E-state index contributed by atoms with van der Waals surface area (Å²) in [4.78, 5) is 25.4. The first-order valence-corrected chi connectivity index (χ1v) is 6.49. The minimum Gasteiger partial charge on any atom is -0.469 e. The number of nitrogens with zero attached hydrogens (tertiary/aromatic N) is 1. The van der Waals surface area contributed by atoms with Crippen molar-refractivity contribution in [3.8, 4) is 0 Å². The first-order chi connectivity index (χ1) is 8.40. The van der Waals surface area contributed by atoms with Crippen molar-refractivity contribution in [3.05, 3.63) is 0 Å². The molecular weight excluding hydrogens is 232 g/mol. The zero-order valence-electron chi connectivity index (χ0n) is 11.8. The monoisotopic (exact) mass is 256 g/mol. The Kier molecular flexibility index (Phi) is 5.14. The Balaban J connectivity index is 2.57. The van der Waals surface area contributed by atoms with Crippen LogP contribution in [0.1, 0.15) is 33.1 Å². The van der Waals surface area contributed by atoms with E-state index in [-0.39, 0.29) is 17.8 Å². The SMILES string of the molecule is COC(=O)C(C)CN(C)C(=O)C1(C)CCCCN1. The standard InChI is InChI=1S/C13H24N2O3/c1-10(11(16)18-4)9-15(3)12(17)13(2)7-5-6-8-14-13/h10,14H,5-9H2,1-4H3. The minimum absolute atomic E-state index is 0.0537. The fraction of sp³-hybridized carbons (Fsp3) is 0.846. The first kappa shape index (κ1) is 15.0. The maximum Gasteiger partial charge on any atom is 0.310 e. The van der Waals surface area contributed by atoms with Crippen molar-refractivity contribution in [3.63, 3.8) is 0 Å². The zero-order valence-corrected chi connectivity index (χ0v) is 11.8. The first-order valence-electron chi connectivity index (χ1n) is 6.49. The predicted molar refractivity (Wildman–Crippen MR) is 69.1 cm³/mol. The highest BCUT2D eigenvalue weighted by molar-refractivity contribution is 5.86. The van der Waals surface area contributed by atoms with Crippen molar-refractivity contribution in [2.75, 3.05) is 27.2 Å². The van der Waals surface area contributed by atoms with Crippen LogP contribution in [0.3, 0.4) is 0 Å². The summed E-state index contributed by atoms with van der Waals surface area (Å²) in [5.41, 5.74) is -0.483. The van der Waals surface area contributed by atoms with Gasteiger partial charge in [-0.15, -0.1) is 0 Å². The molecule has 0 aromatic rings. The molecular formula is C13H24N2O3. The smallest absolute Gasteiger partial charge is 0.310 e. The lowest BCUT2D eigenvalue weighted by Crippen LogP contribution is -2.57. The van der Waals surface area contributed by atoms with Gasteiger partial charge in [0, 0.05) is 13.6 Å². The lowest BCUT2D eigenvalue weighted by Gasteiger charge is -2.37. The summed E-state index contributed by atoms with van der Waals surface area (Å²) >= 11 is 0. The lowest BCUT2D eigenvalue weighted by atomic mass is 9.89. The lowest BCUT2D eigenvalue weighted by molar-refractivity contribution is -0.147. The maximum absolute atomic E-state index is 12.4. The number of amides is 1. The van der Waals surface area contributed by atoms with Crippen LogP contribution in [-0.2, 0) is 14.3 Å². The van der Waals surface area contributed by atoms with Crippen LogP contribution in [0, 0.1) is 5.92 Å².